The third kappa shape index (κ3) is 0.564. The molecule has 0 aromatic carbocycles. The van der Waals surface area contributed by atoms with Crippen LogP contribution in [0, 0.1) is 11.8 Å². The maximum Gasteiger partial charge on any atom is 0.165 e. The van der Waals surface area contributed by atoms with Gasteiger partial charge < -0.3 is 5.11 Å². The highest BCUT2D eigenvalue weighted by atomic mass is 16.2. The van der Waals surface area contributed by atoms with Crippen LogP contribution in [0.2, 0.25) is 0 Å². The third-order valence-corrected chi connectivity index (χ3v) is 2.67. The molecule has 0 heterocycles. The van der Waals surface area contributed by atoms with Crippen molar-refractivity contribution in [1.29, 1.82) is 0 Å². The van der Waals surface area contributed by atoms with Gasteiger partial charge in [0, 0.05) is 11.5 Å². The Morgan fingerprint density at radius 1 is 1.40 bits per heavy atom. The van der Waals surface area contributed by atoms with Crippen molar-refractivity contribution in [2.75, 3.05) is 0 Å². The smallest absolute Gasteiger partial charge is 0.165 e. The van der Waals surface area contributed by atoms with Crippen LogP contribution in [0.3, 0.4) is 0 Å². The highest BCUT2D eigenvalue weighted by Gasteiger charge is 2.42. The molecule has 2 saturated carbocycles. The van der Waals surface area contributed by atoms with Crippen molar-refractivity contribution in [3.05, 3.63) is 11.8 Å². The molecule has 0 spiro atoms. The van der Waals surface area contributed by atoms with Crippen LogP contribution in [0.15, 0.2) is 11.8 Å². The molecule has 2 aliphatic carbocycles. The van der Waals surface area contributed by atoms with Gasteiger partial charge in [0.2, 0.25) is 0 Å². The number of hydrogen-bond donors (Lipinski definition) is 1. The minimum Gasteiger partial charge on any atom is -0.515 e. The molecule has 2 fully saturated rings. The Hall–Kier alpha value is -0.790. The summed E-state index contributed by atoms with van der Waals surface area (Å²) < 4.78 is 0. The van der Waals surface area contributed by atoms with Crippen molar-refractivity contribution in [2.45, 2.75) is 19.3 Å². The van der Waals surface area contributed by atoms with Crippen molar-refractivity contribution in [2.24, 2.45) is 11.8 Å². The molecule has 2 nitrogen and oxygen atoms in total. The molecule has 2 bridgehead atoms. The molecule has 10 heavy (non-hydrogen) atoms. The number of hydrogen-bond acceptors (Lipinski definition) is 2. The third-order valence-electron chi connectivity index (χ3n) is 2.67. The molecule has 0 aromatic rings. The number of rotatable bonds is 0. The number of ketones is 1. The zero-order valence-corrected chi connectivity index (χ0v) is 5.71. The lowest BCUT2D eigenvalue weighted by Gasteiger charge is -2.09. The zero-order chi connectivity index (χ0) is 7.14. The van der Waals surface area contributed by atoms with Crippen LogP contribution in [0.1, 0.15) is 19.3 Å². The van der Waals surface area contributed by atoms with E-state index in [9.17, 15) is 4.79 Å². The van der Waals surface area contributed by atoms with Crippen molar-refractivity contribution < 1.29 is 9.90 Å². The van der Waals surface area contributed by atoms with Crippen molar-refractivity contribution in [3.63, 3.8) is 0 Å². The topological polar surface area (TPSA) is 37.3 Å². The summed E-state index contributed by atoms with van der Waals surface area (Å²) in [5, 5.41) is 8.68. The Kier molecular flexibility index (Phi) is 1.10. The number of carbonyl (C=O) groups excluding carboxylic acids is 1. The van der Waals surface area contributed by atoms with E-state index >= 15 is 0 Å². The average Bonchev–Trinajstić information content (AvgIpc) is 2.46. The second-order valence-corrected chi connectivity index (χ2v) is 3.16. The molecule has 2 unspecified atom stereocenters. The molecule has 0 saturated heterocycles. The van der Waals surface area contributed by atoms with Gasteiger partial charge in [0.1, 0.15) is 0 Å². The first kappa shape index (κ1) is 5.96. The molecule has 0 amide bonds. The van der Waals surface area contributed by atoms with E-state index in [0.29, 0.717) is 11.5 Å². The van der Waals surface area contributed by atoms with E-state index in [2.05, 4.69) is 0 Å². The minimum absolute atomic E-state index is 0.193. The minimum atomic E-state index is 0.193. The maximum atomic E-state index is 11.2. The van der Waals surface area contributed by atoms with Gasteiger partial charge in [0.05, 0.1) is 6.26 Å². The number of fused-ring (bicyclic) bond motifs is 2. The van der Waals surface area contributed by atoms with Crippen molar-refractivity contribution in [3.8, 4) is 0 Å². The fourth-order valence-electron chi connectivity index (χ4n) is 2.11. The van der Waals surface area contributed by atoms with Gasteiger partial charge in [-0.25, -0.2) is 0 Å². The predicted molar refractivity (Wildman–Crippen MR) is 36.5 cm³/mol. The number of aliphatic hydroxyl groups is 1. The van der Waals surface area contributed by atoms with Gasteiger partial charge in [0.25, 0.3) is 0 Å². The summed E-state index contributed by atoms with van der Waals surface area (Å²) in [7, 11) is 0. The Balaban J connectivity index is 2.33. The van der Waals surface area contributed by atoms with E-state index < -0.39 is 0 Å². The van der Waals surface area contributed by atoms with E-state index in [1.807, 2.05) is 0 Å². The predicted octanol–water partition coefficient (Wildman–Crippen LogP) is 1.43. The molecule has 2 aliphatic rings. The first-order valence-corrected chi connectivity index (χ1v) is 3.71. The summed E-state index contributed by atoms with van der Waals surface area (Å²) >= 11 is 0. The molecule has 54 valence electrons. The van der Waals surface area contributed by atoms with E-state index in [4.69, 9.17) is 5.11 Å². The number of aliphatic hydroxyl groups excluding tert-OH is 1. The second kappa shape index (κ2) is 1.84. The lowest BCUT2D eigenvalue weighted by molar-refractivity contribution is -0.118. The molecule has 2 heteroatoms. The lowest BCUT2D eigenvalue weighted by Crippen LogP contribution is -2.11. The van der Waals surface area contributed by atoms with Gasteiger partial charge in [-0.1, -0.05) is 0 Å². The van der Waals surface area contributed by atoms with Crippen LogP contribution in [0.5, 0.6) is 0 Å². The first-order chi connectivity index (χ1) is 4.83. The molecular formula is C8H10O2. The second-order valence-electron chi connectivity index (χ2n) is 3.16. The average molecular weight is 138 g/mol. The van der Waals surface area contributed by atoms with Gasteiger partial charge in [-0.2, -0.15) is 0 Å². The fourth-order valence-corrected chi connectivity index (χ4v) is 2.11. The van der Waals surface area contributed by atoms with Crippen LogP contribution in [-0.4, -0.2) is 10.9 Å². The lowest BCUT2D eigenvalue weighted by atomic mass is 9.95. The Morgan fingerprint density at radius 3 is 2.50 bits per heavy atom. The molecular weight excluding hydrogens is 128 g/mol. The van der Waals surface area contributed by atoms with E-state index in [1.54, 1.807) is 0 Å². The van der Waals surface area contributed by atoms with Crippen LogP contribution < -0.4 is 0 Å². The van der Waals surface area contributed by atoms with Crippen molar-refractivity contribution >= 4 is 5.78 Å². The molecule has 1 N–H and O–H groups in total. The van der Waals surface area contributed by atoms with E-state index in [1.165, 1.54) is 0 Å². The van der Waals surface area contributed by atoms with Gasteiger partial charge in [-0.15, -0.1) is 0 Å². The van der Waals surface area contributed by atoms with Gasteiger partial charge in [-0.05, 0) is 25.2 Å². The monoisotopic (exact) mass is 138 g/mol. The van der Waals surface area contributed by atoms with Gasteiger partial charge >= 0.3 is 0 Å². The first-order valence-electron chi connectivity index (χ1n) is 3.71. The number of allylic oxidation sites excluding steroid dienone is 1. The Bertz CT molecular complexity index is 205. The molecule has 2 atom stereocenters. The molecule has 0 radical (unpaired) electrons. The zero-order valence-electron chi connectivity index (χ0n) is 5.71. The summed E-state index contributed by atoms with van der Waals surface area (Å²) in [6, 6.07) is 0. The highest BCUT2D eigenvalue weighted by molar-refractivity contribution is 6.00. The van der Waals surface area contributed by atoms with E-state index in [-0.39, 0.29) is 11.7 Å². The molecule has 2 rings (SSSR count). The highest BCUT2D eigenvalue weighted by Crippen LogP contribution is 2.45. The van der Waals surface area contributed by atoms with Gasteiger partial charge in [0.15, 0.2) is 5.78 Å². The summed E-state index contributed by atoms with van der Waals surface area (Å²) in [4.78, 5) is 11.2. The quantitative estimate of drug-likeness (QED) is 0.406. The summed E-state index contributed by atoms with van der Waals surface area (Å²) in [5.74, 6) is 0.838. The number of carbonyl (C=O) groups is 1. The largest absolute Gasteiger partial charge is 0.515 e. The fraction of sp³-hybridized carbons (Fsp3) is 0.625. The van der Waals surface area contributed by atoms with Crippen molar-refractivity contribution in [1.82, 2.24) is 0 Å². The van der Waals surface area contributed by atoms with Gasteiger partial charge in [-0.3, -0.25) is 4.79 Å². The Labute approximate surface area is 59.5 Å². The molecule has 0 aliphatic heterocycles. The number of Topliss-reactive ketones (excluding diaryl/α,β-unsaturated/α-hetero) is 1. The molecule has 0 aromatic heterocycles. The summed E-state index contributed by atoms with van der Waals surface area (Å²) in [6.45, 7) is 0. The SMILES string of the molecule is O=C1/C(=C\O)C2CCC1C2. The normalized spacial score (nSPS) is 41.6. The summed E-state index contributed by atoms with van der Waals surface area (Å²) in [5.41, 5.74) is 0.677. The van der Waals surface area contributed by atoms with Crippen LogP contribution in [0.4, 0.5) is 0 Å². The van der Waals surface area contributed by atoms with Crippen LogP contribution in [0.25, 0.3) is 0 Å². The summed E-state index contributed by atoms with van der Waals surface area (Å²) in [6.07, 6.45) is 4.14. The standard InChI is InChI=1S/C8H10O2/c9-4-7-5-1-2-6(3-5)8(7)10/h4-6,9H,1-3H2/b7-4-. The van der Waals surface area contributed by atoms with E-state index in [0.717, 1.165) is 25.5 Å². The van der Waals surface area contributed by atoms with Crippen LogP contribution >= 0.6 is 0 Å². The maximum absolute atomic E-state index is 11.2. The van der Waals surface area contributed by atoms with Crippen LogP contribution in [-0.2, 0) is 4.79 Å². The Morgan fingerprint density at radius 2 is 2.10 bits per heavy atom.